The Morgan fingerprint density at radius 2 is 1.65 bits per heavy atom. The number of hydrogen-bond acceptors (Lipinski definition) is 4. The van der Waals surface area contributed by atoms with Crippen LogP contribution in [0.4, 0.5) is 5.69 Å². The molecule has 0 N–H and O–H groups in total. The minimum atomic E-state index is -0.414. The second-order valence-electron chi connectivity index (χ2n) is 6.26. The van der Waals surface area contributed by atoms with Gasteiger partial charge in [0.1, 0.15) is 12.3 Å². The van der Waals surface area contributed by atoms with Crippen LogP contribution in [-0.4, -0.2) is 5.97 Å². The van der Waals surface area contributed by atoms with E-state index in [0.717, 1.165) is 38.7 Å². The third-order valence-corrected chi connectivity index (χ3v) is 4.54. The van der Waals surface area contributed by atoms with Crippen molar-refractivity contribution in [3.8, 4) is 11.1 Å². The van der Waals surface area contributed by atoms with Gasteiger partial charge in [-0.2, -0.15) is 0 Å². The van der Waals surface area contributed by atoms with E-state index >= 15 is 0 Å². The number of carbonyl (C=O) groups is 1. The van der Waals surface area contributed by atoms with Gasteiger partial charge in [0.2, 0.25) is 0 Å². The number of carbonyl (C=O) groups excluding carboxylic acids is 1. The van der Waals surface area contributed by atoms with Gasteiger partial charge in [-0.1, -0.05) is 48.5 Å². The summed E-state index contributed by atoms with van der Waals surface area (Å²) in [4.78, 5) is 21.4. The van der Waals surface area contributed by atoms with Crippen LogP contribution >= 0.6 is 0 Å². The molecular weight excluding hydrogens is 324 g/mol. The molecule has 4 heteroatoms. The van der Waals surface area contributed by atoms with E-state index in [9.17, 15) is 4.79 Å². The Morgan fingerprint density at radius 3 is 2.54 bits per heavy atom. The normalized spacial score (nSPS) is 13.0. The summed E-state index contributed by atoms with van der Waals surface area (Å²) in [5.74, 6) is -0.414. The zero-order valence-corrected chi connectivity index (χ0v) is 13.8. The first-order valence-electron chi connectivity index (χ1n) is 8.41. The summed E-state index contributed by atoms with van der Waals surface area (Å²) in [5.41, 5.74) is 5.29. The van der Waals surface area contributed by atoms with Gasteiger partial charge < -0.3 is 4.74 Å². The lowest BCUT2D eigenvalue weighted by Crippen LogP contribution is -2.12. The second kappa shape index (κ2) is 5.77. The van der Waals surface area contributed by atoms with E-state index in [1.54, 1.807) is 6.08 Å². The second-order valence-corrected chi connectivity index (χ2v) is 6.26. The Kier molecular flexibility index (Phi) is 3.28. The fraction of sp³-hybridized carbons (Fsp3) is 0.0455. The molecule has 0 saturated carbocycles. The summed E-state index contributed by atoms with van der Waals surface area (Å²) in [5, 5.41) is 1.69. The van der Waals surface area contributed by atoms with Crippen LogP contribution in [0.2, 0.25) is 0 Å². The smallest absolute Gasteiger partial charge is 0.357 e. The molecular formula is C22H14N2O2. The molecule has 0 bridgehead atoms. The monoisotopic (exact) mass is 338 g/mol. The number of fused-ring (bicyclic) bond motifs is 4. The molecule has 2 aliphatic rings. The molecule has 124 valence electrons. The predicted molar refractivity (Wildman–Crippen MR) is 98.1 cm³/mol. The van der Waals surface area contributed by atoms with Crippen molar-refractivity contribution in [2.75, 3.05) is 0 Å². The van der Waals surface area contributed by atoms with E-state index in [1.165, 1.54) is 0 Å². The molecule has 2 aliphatic heterocycles. The fourth-order valence-electron chi connectivity index (χ4n) is 3.25. The average Bonchev–Trinajstić information content (AvgIpc) is 3.25. The lowest BCUT2D eigenvalue weighted by atomic mass is 10.0. The maximum Gasteiger partial charge on any atom is 0.357 e. The molecule has 0 amide bonds. The number of benzene rings is 3. The van der Waals surface area contributed by atoms with Gasteiger partial charge >= 0.3 is 5.97 Å². The molecule has 0 saturated heterocycles. The van der Waals surface area contributed by atoms with E-state index < -0.39 is 5.97 Å². The first-order chi connectivity index (χ1) is 12.8. The van der Waals surface area contributed by atoms with E-state index in [1.807, 2.05) is 60.7 Å². The van der Waals surface area contributed by atoms with Crippen LogP contribution in [0.1, 0.15) is 11.1 Å². The zero-order chi connectivity index (χ0) is 17.5. The fourth-order valence-corrected chi connectivity index (χ4v) is 3.25. The van der Waals surface area contributed by atoms with Crippen molar-refractivity contribution in [3.63, 3.8) is 0 Å². The maximum absolute atomic E-state index is 12.3. The number of nitrogens with zero attached hydrogens (tertiary/aromatic N) is 2. The lowest BCUT2D eigenvalue weighted by Gasteiger charge is -2.03. The van der Waals surface area contributed by atoms with Crippen LogP contribution in [0.3, 0.4) is 0 Å². The number of ether oxygens (including phenoxy) is 1. The maximum atomic E-state index is 12.3. The highest BCUT2D eigenvalue weighted by Gasteiger charge is 2.19. The highest BCUT2D eigenvalue weighted by molar-refractivity contribution is 5.94. The molecule has 0 atom stereocenters. The van der Waals surface area contributed by atoms with Crippen molar-refractivity contribution >= 4 is 17.7 Å². The summed E-state index contributed by atoms with van der Waals surface area (Å²) in [7, 11) is 0. The van der Waals surface area contributed by atoms with Crippen molar-refractivity contribution in [2.45, 2.75) is 6.61 Å². The molecule has 0 radical (unpaired) electrons. The Hall–Kier alpha value is -3.53. The SMILES string of the molecule is O=C(OCc1ccccc1)C1=Cc2cc3c(cc2=N1)-c1ccccc1N=3. The van der Waals surface area contributed by atoms with Crippen molar-refractivity contribution in [1.82, 2.24) is 0 Å². The highest BCUT2D eigenvalue weighted by atomic mass is 16.5. The predicted octanol–water partition coefficient (Wildman–Crippen LogP) is 3.34. The molecule has 26 heavy (non-hydrogen) atoms. The Bertz CT molecular complexity index is 1190. The third-order valence-electron chi connectivity index (χ3n) is 4.54. The van der Waals surface area contributed by atoms with Gasteiger partial charge in [0, 0.05) is 16.7 Å². The summed E-state index contributed by atoms with van der Waals surface area (Å²) in [6.45, 7) is 0.238. The van der Waals surface area contributed by atoms with Crippen LogP contribution < -0.4 is 10.7 Å². The standard InChI is InChI=1S/C22H14N2O2/c25-22(26-13-14-6-2-1-3-7-14)21-11-15-10-20-17(12-19(15)24-21)16-8-4-5-9-18(16)23-20/h1-12H,13H2. The van der Waals surface area contributed by atoms with Gasteiger partial charge in [0.05, 0.1) is 16.4 Å². The molecule has 0 aliphatic carbocycles. The molecule has 0 unspecified atom stereocenters. The molecule has 0 fully saturated rings. The minimum Gasteiger partial charge on any atom is -0.456 e. The van der Waals surface area contributed by atoms with Crippen molar-refractivity contribution in [1.29, 1.82) is 0 Å². The first kappa shape index (κ1) is 14.8. The van der Waals surface area contributed by atoms with Crippen molar-refractivity contribution < 1.29 is 9.53 Å². The summed E-state index contributed by atoms with van der Waals surface area (Å²) < 4.78 is 5.38. The van der Waals surface area contributed by atoms with Crippen LogP contribution in [0.15, 0.2) is 82.4 Å². The largest absolute Gasteiger partial charge is 0.456 e. The van der Waals surface area contributed by atoms with E-state index in [-0.39, 0.29) is 6.61 Å². The molecule has 4 nitrogen and oxygen atoms in total. The van der Waals surface area contributed by atoms with Gasteiger partial charge in [-0.3, -0.25) is 0 Å². The molecule has 3 aromatic carbocycles. The van der Waals surface area contributed by atoms with Gasteiger partial charge in [0.25, 0.3) is 0 Å². The number of para-hydroxylation sites is 1. The zero-order valence-electron chi connectivity index (χ0n) is 13.8. The van der Waals surface area contributed by atoms with Crippen molar-refractivity contribution in [2.24, 2.45) is 9.98 Å². The van der Waals surface area contributed by atoms with Gasteiger partial charge in [0.15, 0.2) is 0 Å². The van der Waals surface area contributed by atoms with Gasteiger partial charge in [-0.25, -0.2) is 14.8 Å². The first-order valence-corrected chi connectivity index (χ1v) is 8.41. The van der Waals surface area contributed by atoms with Gasteiger partial charge in [-0.05, 0) is 29.8 Å². The number of hydrogen-bond donors (Lipinski definition) is 0. The van der Waals surface area contributed by atoms with E-state index in [2.05, 4.69) is 16.1 Å². The average molecular weight is 338 g/mol. The van der Waals surface area contributed by atoms with Crippen LogP contribution in [0.5, 0.6) is 0 Å². The summed E-state index contributed by atoms with van der Waals surface area (Å²) >= 11 is 0. The van der Waals surface area contributed by atoms with E-state index in [4.69, 9.17) is 4.74 Å². The molecule has 2 heterocycles. The Balaban J connectivity index is 1.43. The Labute approximate surface area is 149 Å². The minimum absolute atomic E-state index is 0.238. The number of esters is 1. The lowest BCUT2D eigenvalue weighted by molar-refractivity contribution is -0.140. The Morgan fingerprint density at radius 1 is 0.846 bits per heavy atom. The van der Waals surface area contributed by atoms with E-state index in [0.29, 0.717) is 5.70 Å². The molecule has 3 aromatic rings. The summed E-state index contributed by atoms with van der Waals surface area (Å²) in [6.07, 6.45) is 1.77. The molecule has 5 rings (SSSR count). The molecule has 0 spiro atoms. The van der Waals surface area contributed by atoms with Crippen LogP contribution in [-0.2, 0) is 16.1 Å². The summed E-state index contributed by atoms with van der Waals surface area (Å²) in [6, 6.07) is 21.6. The number of rotatable bonds is 3. The highest BCUT2D eigenvalue weighted by Crippen LogP contribution is 2.31. The third kappa shape index (κ3) is 2.43. The van der Waals surface area contributed by atoms with Crippen LogP contribution in [0, 0.1) is 0 Å². The quantitative estimate of drug-likeness (QED) is 0.538. The van der Waals surface area contributed by atoms with Crippen molar-refractivity contribution in [3.05, 3.63) is 94.3 Å². The molecule has 0 aromatic heterocycles. The van der Waals surface area contributed by atoms with Crippen LogP contribution in [0.25, 0.3) is 17.2 Å². The van der Waals surface area contributed by atoms with Gasteiger partial charge in [-0.15, -0.1) is 0 Å². The topological polar surface area (TPSA) is 51.0 Å².